The summed E-state index contributed by atoms with van der Waals surface area (Å²) in [6.45, 7) is 3.90. The number of rotatable bonds is 3. The predicted molar refractivity (Wildman–Crippen MR) is 74.4 cm³/mol. The van der Waals surface area contributed by atoms with Crippen LogP contribution < -0.4 is 5.32 Å². The Labute approximate surface area is 118 Å². The monoisotopic (exact) mass is 278 g/mol. The molecule has 0 aliphatic carbocycles. The van der Waals surface area contributed by atoms with Crippen molar-refractivity contribution < 1.29 is 9.53 Å². The van der Waals surface area contributed by atoms with Gasteiger partial charge in [0.25, 0.3) is 0 Å². The third-order valence-electron chi connectivity index (χ3n) is 4.16. The van der Waals surface area contributed by atoms with Crippen LogP contribution in [0.1, 0.15) is 30.9 Å². The lowest BCUT2D eigenvalue weighted by atomic mass is 9.94. The molecule has 2 aliphatic rings. The summed E-state index contributed by atoms with van der Waals surface area (Å²) >= 11 is 0. The number of morpholine rings is 1. The highest BCUT2D eigenvalue weighted by Crippen LogP contribution is 2.25. The van der Waals surface area contributed by atoms with Gasteiger partial charge in [-0.2, -0.15) is 5.10 Å². The standard InChI is InChI=1S/C14H22N4O2/c19-14(8-12-10-20-7-5-15-12)18-6-1-2-11(9-18)13-3-4-16-17-13/h3-4,11-12,15H,1-2,5-10H2,(H,16,17). The van der Waals surface area contributed by atoms with Crippen LogP contribution in [0.15, 0.2) is 12.3 Å². The van der Waals surface area contributed by atoms with Crippen LogP contribution in [0.3, 0.4) is 0 Å². The second-order valence-corrected chi connectivity index (χ2v) is 5.62. The van der Waals surface area contributed by atoms with E-state index >= 15 is 0 Å². The average molecular weight is 278 g/mol. The Morgan fingerprint density at radius 1 is 1.55 bits per heavy atom. The smallest absolute Gasteiger partial charge is 0.224 e. The molecule has 2 unspecified atom stereocenters. The molecule has 2 N–H and O–H groups in total. The van der Waals surface area contributed by atoms with E-state index in [2.05, 4.69) is 15.5 Å². The third kappa shape index (κ3) is 3.19. The van der Waals surface area contributed by atoms with Gasteiger partial charge in [-0.15, -0.1) is 0 Å². The van der Waals surface area contributed by atoms with Gasteiger partial charge in [-0.05, 0) is 18.9 Å². The molecule has 2 aliphatic heterocycles. The van der Waals surface area contributed by atoms with E-state index in [-0.39, 0.29) is 11.9 Å². The Hall–Kier alpha value is -1.40. The van der Waals surface area contributed by atoms with Crippen LogP contribution in [0.25, 0.3) is 0 Å². The van der Waals surface area contributed by atoms with Gasteiger partial charge < -0.3 is 15.0 Å². The number of H-pyrrole nitrogens is 1. The van der Waals surface area contributed by atoms with Crippen LogP contribution >= 0.6 is 0 Å². The number of aromatic amines is 1. The number of aromatic nitrogens is 2. The summed E-state index contributed by atoms with van der Waals surface area (Å²) < 4.78 is 5.40. The van der Waals surface area contributed by atoms with E-state index < -0.39 is 0 Å². The summed E-state index contributed by atoms with van der Waals surface area (Å²) in [5, 5.41) is 10.4. The van der Waals surface area contributed by atoms with Gasteiger partial charge in [-0.25, -0.2) is 0 Å². The van der Waals surface area contributed by atoms with Gasteiger partial charge in [-0.1, -0.05) is 0 Å². The number of hydrogen-bond acceptors (Lipinski definition) is 4. The minimum absolute atomic E-state index is 0.170. The van der Waals surface area contributed by atoms with Crippen LogP contribution in [0.5, 0.6) is 0 Å². The molecule has 110 valence electrons. The molecule has 0 bridgehead atoms. The molecule has 3 rings (SSSR count). The van der Waals surface area contributed by atoms with Gasteiger partial charge in [0.05, 0.1) is 13.2 Å². The van der Waals surface area contributed by atoms with Crippen molar-refractivity contribution in [2.75, 3.05) is 32.8 Å². The van der Waals surface area contributed by atoms with Gasteiger partial charge >= 0.3 is 0 Å². The molecule has 2 fully saturated rings. The molecule has 1 aromatic heterocycles. The summed E-state index contributed by atoms with van der Waals surface area (Å²) in [5.74, 6) is 0.628. The number of nitrogens with one attached hydrogen (secondary N) is 2. The molecule has 6 nitrogen and oxygen atoms in total. The quantitative estimate of drug-likeness (QED) is 0.844. The van der Waals surface area contributed by atoms with Gasteiger partial charge in [0.2, 0.25) is 5.91 Å². The van der Waals surface area contributed by atoms with Crippen LogP contribution in [-0.4, -0.2) is 59.9 Å². The zero-order valence-corrected chi connectivity index (χ0v) is 11.7. The Bertz CT molecular complexity index is 428. The van der Waals surface area contributed by atoms with Crippen LogP contribution in [0.4, 0.5) is 0 Å². The van der Waals surface area contributed by atoms with Crippen molar-refractivity contribution in [3.05, 3.63) is 18.0 Å². The number of nitrogens with zero attached hydrogens (tertiary/aromatic N) is 2. The lowest BCUT2D eigenvalue weighted by Gasteiger charge is -2.34. The van der Waals surface area contributed by atoms with E-state index in [9.17, 15) is 4.79 Å². The van der Waals surface area contributed by atoms with Crippen molar-refractivity contribution in [1.29, 1.82) is 0 Å². The van der Waals surface area contributed by atoms with Crippen LogP contribution in [-0.2, 0) is 9.53 Å². The van der Waals surface area contributed by atoms with Crippen molar-refractivity contribution in [2.24, 2.45) is 0 Å². The molecule has 0 radical (unpaired) electrons. The number of amides is 1. The SMILES string of the molecule is O=C(CC1COCCN1)N1CCCC(c2ccn[nH]2)C1. The molecule has 3 heterocycles. The second kappa shape index (κ2) is 6.37. The largest absolute Gasteiger partial charge is 0.378 e. The van der Waals surface area contributed by atoms with E-state index in [4.69, 9.17) is 4.74 Å². The molecule has 0 saturated carbocycles. The van der Waals surface area contributed by atoms with Crippen molar-refractivity contribution in [3.63, 3.8) is 0 Å². The van der Waals surface area contributed by atoms with Crippen molar-refractivity contribution >= 4 is 5.91 Å². The topological polar surface area (TPSA) is 70.2 Å². The fraction of sp³-hybridized carbons (Fsp3) is 0.714. The number of carbonyl (C=O) groups excluding carboxylic acids is 1. The summed E-state index contributed by atoms with van der Waals surface area (Å²) in [7, 11) is 0. The summed E-state index contributed by atoms with van der Waals surface area (Å²) in [5.41, 5.74) is 1.14. The first-order chi connectivity index (χ1) is 9.83. The van der Waals surface area contributed by atoms with Crippen molar-refractivity contribution in [3.8, 4) is 0 Å². The number of piperidine rings is 1. The maximum Gasteiger partial charge on any atom is 0.224 e. The lowest BCUT2D eigenvalue weighted by Crippen LogP contribution is -2.46. The normalized spacial score (nSPS) is 27.5. The van der Waals surface area contributed by atoms with Gasteiger partial charge in [0.1, 0.15) is 0 Å². The first-order valence-electron chi connectivity index (χ1n) is 7.41. The molecular weight excluding hydrogens is 256 g/mol. The molecule has 2 saturated heterocycles. The minimum atomic E-state index is 0.170. The van der Waals surface area contributed by atoms with Crippen LogP contribution in [0, 0.1) is 0 Å². The molecule has 1 aromatic rings. The summed E-state index contributed by atoms with van der Waals surface area (Å²) in [6.07, 6.45) is 4.50. The second-order valence-electron chi connectivity index (χ2n) is 5.62. The lowest BCUT2D eigenvalue weighted by molar-refractivity contribution is -0.133. The highest BCUT2D eigenvalue weighted by atomic mass is 16.5. The maximum atomic E-state index is 12.4. The zero-order chi connectivity index (χ0) is 13.8. The highest BCUT2D eigenvalue weighted by Gasteiger charge is 2.27. The number of carbonyl (C=O) groups is 1. The molecule has 6 heteroatoms. The minimum Gasteiger partial charge on any atom is -0.378 e. The molecule has 20 heavy (non-hydrogen) atoms. The zero-order valence-electron chi connectivity index (χ0n) is 11.7. The number of hydrogen-bond donors (Lipinski definition) is 2. The predicted octanol–water partition coefficient (Wildman–Crippen LogP) is 0.494. The third-order valence-corrected chi connectivity index (χ3v) is 4.16. The highest BCUT2D eigenvalue weighted by molar-refractivity contribution is 5.77. The van der Waals surface area contributed by atoms with Crippen LogP contribution in [0.2, 0.25) is 0 Å². The molecule has 1 amide bonds. The van der Waals surface area contributed by atoms with Gasteiger partial charge in [0, 0.05) is 49.9 Å². The average Bonchev–Trinajstić information content (AvgIpc) is 3.03. The Morgan fingerprint density at radius 2 is 2.50 bits per heavy atom. The van der Waals surface area contributed by atoms with Crippen molar-refractivity contribution in [2.45, 2.75) is 31.2 Å². The maximum absolute atomic E-state index is 12.4. The van der Waals surface area contributed by atoms with Gasteiger partial charge in [-0.3, -0.25) is 9.89 Å². The number of ether oxygens (including phenoxy) is 1. The molecular formula is C14H22N4O2. The first-order valence-corrected chi connectivity index (χ1v) is 7.41. The number of likely N-dealkylation sites (tertiary alicyclic amines) is 1. The first kappa shape index (κ1) is 13.6. The fourth-order valence-corrected chi connectivity index (χ4v) is 3.04. The van der Waals surface area contributed by atoms with E-state index in [1.165, 1.54) is 0 Å². The Balaban J connectivity index is 1.54. The summed E-state index contributed by atoms with van der Waals surface area (Å²) in [4.78, 5) is 14.4. The molecule has 0 spiro atoms. The van der Waals surface area contributed by atoms with Gasteiger partial charge in [0.15, 0.2) is 0 Å². The summed E-state index contributed by atoms with van der Waals surface area (Å²) in [6, 6.07) is 2.18. The molecule has 2 atom stereocenters. The van der Waals surface area contributed by atoms with E-state index in [0.29, 0.717) is 18.9 Å². The Kier molecular flexibility index (Phi) is 4.32. The van der Waals surface area contributed by atoms with Crippen molar-refractivity contribution in [1.82, 2.24) is 20.4 Å². The Morgan fingerprint density at radius 3 is 3.25 bits per heavy atom. The fourth-order valence-electron chi connectivity index (χ4n) is 3.04. The van der Waals surface area contributed by atoms with E-state index in [1.807, 2.05) is 11.0 Å². The van der Waals surface area contributed by atoms with E-state index in [1.54, 1.807) is 6.20 Å². The van der Waals surface area contributed by atoms with E-state index in [0.717, 1.165) is 44.8 Å². The molecule has 0 aromatic carbocycles.